The van der Waals surface area contributed by atoms with Crippen molar-refractivity contribution in [3.05, 3.63) is 33.1 Å². The van der Waals surface area contributed by atoms with E-state index in [1.165, 1.54) is 19.1 Å². The van der Waals surface area contributed by atoms with E-state index in [9.17, 15) is 13.2 Å². The fourth-order valence-corrected chi connectivity index (χ4v) is 3.62. The molecule has 0 amide bonds. The fourth-order valence-electron chi connectivity index (χ4n) is 1.49. The van der Waals surface area contributed by atoms with E-state index in [2.05, 4.69) is 15.9 Å². The van der Waals surface area contributed by atoms with Gasteiger partial charge in [-0.05, 0) is 30.7 Å². The molecule has 0 unspecified atom stereocenters. The molecule has 1 aromatic rings. The lowest BCUT2D eigenvalue weighted by Crippen LogP contribution is -2.07. The number of benzene rings is 1. The van der Waals surface area contributed by atoms with Crippen LogP contribution in [-0.2, 0) is 14.6 Å². The maximum absolute atomic E-state index is 11.9. The van der Waals surface area contributed by atoms with Crippen molar-refractivity contribution in [2.75, 3.05) is 0 Å². The van der Waals surface area contributed by atoms with Crippen LogP contribution in [-0.4, -0.2) is 14.2 Å². The zero-order chi connectivity index (χ0) is 11.2. The van der Waals surface area contributed by atoms with Crippen LogP contribution in [0.5, 0.6) is 0 Å². The first kappa shape index (κ1) is 10.6. The van der Waals surface area contributed by atoms with Gasteiger partial charge in [-0.2, -0.15) is 0 Å². The lowest BCUT2D eigenvalue weighted by Gasteiger charge is -2.00. The van der Waals surface area contributed by atoms with Gasteiger partial charge in [0.15, 0.2) is 5.78 Å². The highest BCUT2D eigenvalue weighted by molar-refractivity contribution is 9.10. The van der Waals surface area contributed by atoms with Gasteiger partial charge in [0, 0.05) is 4.47 Å². The molecule has 1 heterocycles. The molecule has 0 radical (unpaired) electrons. The quantitative estimate of drug-likeness (QED) is 0.795. The van der Waals surface area contributed by atoms with Crippen LogP contribution in [0.1, 0.15) is 12.5 Å². The van der Waals surface area contributed by atoms with E-state index in [4.69, 9.17) is 0 Å². The fraction of sp³-hybridized carbons (Fsp3) is 0.100. The van der Waals surface area contributed by atoms with Crippen LogP contribution in [0.3, 0.4) is 0 Å². The monoisotopic (exact) mass is 286 g/mol. The second-order valence-electron chi connectivity index (χ2n) is 3.25. The Morgan fingerprint density at radius 2 is 2.00 bits per heavy atom. The van der Waals surface area contributed by atoms with Crippen molar-refractivity contribution in [2.24, 2.45) is 0 Å². The number of Topliss-reactive ketones (excluding diaryl/α,β-unsaturated/α-hetero) is 1. The Balaban J connectivity index is 2.74. The molecule has 15 heavy (non-hydrogen) atoms. The number of carbonyl (C=O) groups excluding carboxylic acids is 1. The van der Waals surface area contributed by atoms with Gasteiger partial charge >= 0.3 is 0 Å². The summed E-state index contributed by atoms with van der Waals surface area (Å²) < 4.78 is 24.4. The highest BCUT2D eigenvalue weighted by Gasteiger charge is 2.32. The molecule has 0 fully saturated rings. The highest BCUT2D eigenvalue weighted by Crippen LogP contribution is 2.34. The molecule has 1 aliphatic heterocycles. The Morgan fingerprint density at radius 1 is 1.33 bits per heavy atom. The summed E-state index contributed by atoms with van der Waals surface area (Å²) >= 11 is 3.20. The van der Waals surface area contributed by atoms with Crippen LogP contribution in [0.15, 0.2) is 32.5 Å². The zero-order valence-corrected chi connectivity index (χ0v) is 10.2. The van der Waals surface area contributed by atoms with Crippen LogP contribution >= 0.6 is 15.9 Å². The molecule has 0 saturated heterocycles. The predicted octanol–water partition coefficient (Wildman–Crippen LogP) is 2.17. The minimum absolute atomic E-state index is 0.129. The van der Waals surface area contributed by atoms with Crippen molar-refractivity contribution < 1.29 is 13.2 Å². The smallest absolute Gasteiger partial charge is 0.210 e. The molecule has 2 rings (SSSR count). The van der Waals surface area contributed by atoms with E-state index in [1.54, 1.807) is 12.1 Å². The van der Waals surface area contributed by atoms with Crippen LogP contribution in [0.25, 0.3) is 6.08 Å². The molecular formula is C10H7BrO3S. The molecule has 0 bridgehead atoms. The van der Waals surface area contributed by atoms with Gasteiger partial charge in [0.05, 0.1) is 4.90 Å². The van der Waals surface area contributed by atoms with Gasteiger partial charge < -0.3 is 0 Å². The number of hydrogen-bond acceptors (Lipinski definition) is 3. The van der Waals surface area contributed by atoms with Gasteiger partial charge in [-0.15, -0.1) is 0 Å². The van der Waals surface area contributed by atoms with Crippen molar-refractivity contribution in [2.45, 2.75) is 11.8 Å². The normalized spacial score (nSPS) is 17.1. The van der Waals surface area contributed by atoms with Crippen molar-refractivity contribution >= 4 is 37.6 Å². The van der Waals surface area contributed by atoms with Crippen molar-refractivity contribution in [1.82, 2.24) is 0 Å². The third-order valence-corrected chi connectivity index (χ3v) is 4.60. The molecule has 3 nitrogen and oxygen atoms in total. The molecule has 1 aromatic carbocycles. The Bertz CT molecular complexity index is 585. The second kappa shape index (κ2) is 3.28. The number of allylic oxidation sites excluding steroid dienone is 1. The van der Waals surface area contributed by atoms with E-state index in [0.717, 1.165) is 0 Å². The molecule has 1 aliphatic rings. The summed E-state index contributed by atoms with van der Waals surface area (Å²) in [7, 11) is -3.59. The molecule has 0 aromatic heterocycles. The largest absolute Gasteiger partial charge is 0.294 e. The molecule has 0 spiro atoms. The molecule has 0 saturated carbocycles. The summed E-state index contributed by atoms with van der Waals surface area (Å²) in [4.78, 5) is 11.2. The molecule has 0 aliphatic carbocycles. The Kier molecular flexibility index (Phi) is 2.31. The molecule has 5 heteroatoms. The standard InChI is InChI=1S/C10H7BrO3S/c1-6(12)9-4-7-2-3-8(11)5-10(7)15(9,13)14/h2-5H,1H3. The Hall–Kier alpha value is -0.940. The van der Waals surface area contributed by atoms with Crippen molar-refractivity contribution in [3.8, 4) is 0 Å². The maximum atomic E-state index is 11.9. The summed E-state index contributed by atoms with van der Waals surface area (Å²) in [5, 5.41) is 0. The van der Waals surface area contributed by atoms with E-state index in [-0.39, 0.29) is 9.80 Å². The predicted molar refractivity (Wildman–Crippen MR) is 60.0 cm³/mol. The summed E-state index contributed by atoms with van der Waals surface area (Å²) in [5.74, 6) is -0.428. The van der Waals surface area contributed by atoms with Crippen LogP contribution in [0.2, 0.25) is 0 Å². The maximum Gasteiger partial charge on any atom is 0.210 e. The molecular weight excluding hydrogens is 280 g/mol. The van der Waals surface area contributed by atoms with Gasteiger partial charge in [0.2, 0.25) is 9.84 Å². The average Bonchev–Trinajstić information content (AvgIpc) is 2.39. The number of hydrogen-bond donors (Lipinski definition) is 0. The van der Waals surface area contributed by atoms with Gasteiger partial charge in [-0.3, -0.25) is 4.79 Å². The Morgan fingerprint density at radius 3 is 2.60 bits per heavy atom. The van der Waals surface area contributed by atoms with Gasteiger partial charge in [-0.25, -0.2) is 8.42 Å². The lowest BCUT2D eigenvalue weighted by atomic mass is 10.2. The topological polar surface area (TPSA) is 51.2 Å². The lowest BCUT2D eigenvalue weighted by molar-refractivity contribution is -0.112. The van der Waals surface area contributed by atoms with Gasteiger partial charge in [0.1, 0.15) is 4.91 Å². The average molecular weight is 287 g/mol. The first-order valence-corrected chi connectivity index (χ1v) is 6.48. The van der Waals surface area contributed by atoms with Crippen LogP contribution in [0, 0.1) is 0 Å². The van der Waals surface area contributed by atoms with Crippen LogP contribution in [0.4, 0.5) is 0 Å². The van der Waals surface area contributed by atoms with E-state index in [0.29, 0.717) is 10.0 Å². The summed E-state index contributed by atoms with van der Waals surface area (Å²) in [6.45, 7) is 1.25. The van der Waals surface area contributed by atoms with Gasteiger partial charge in [-0.1, -0.05) is 22.0 Å². The number of carbonyl (C=O) groups is 1. The number of sulfone groups is 1. The van der Waals surface area contributed by atoms with Gasteiger partial charge in [0.25, 0.3) is 0 Å². The third kappa shape index (κ3) is 1.55. The number of fused-ring (bicyclic) bond motifs is 1. The second-order valence-corrected chi connectivity index (χ2v) is 6.05. The molecule has 78 valence electrons. The number of halogens is 1. The van der Waals surface area contributed by atoms with E-state index >= 15 is 0 Å². The molecule has 0 atom stereocenters. The van der Waals surface area contributed by atoms with E-state index in [1.807, 2.05) is 0 Å². The summed E-state index contributed by atoms with van der Waals surface area (Å²) in [6, 6.07) is 4.93. The highest BCUT2D eigenvalue weighted by atomic mass is 79.9. The first-order valence-electron chi connectivity index (χ1n) is 4.20. The summed E-state index contributed by atoms with van der Waals surface area (Å²) in [6.07, 6.45) is 1.42. The number of ketones is 1. The number of rotatable bonds is 1. The summed E-state index contributed by atoms with van der Waals surface area (Å²) in [5.41, 5.74) is 0.573. The van der Waals surface area contributed by atoms with Crippen molar-refractivity contribution in [3.63, 3.8) is 0 Å². The SMILES string of the molecule is CC(=O)C1=Cc2ccc(Br)cc2S1(=O)=O. The zero-order valence-electron chi connectivity index (χ0n) is 7.82. The third-order valence-electron chi connectivity index (χ3n) is 2.19. The van der Waals surface area contributed by atoms with E-state index < -0.39 is 15.6 Å². The van der Waals surface area contributed by atoms with Crippen LogP contribution < -0.4 is 0 Å². The minimum atomic E-state index is -3.59. The first-order chi connectivity index (χ1) is 6.93. The Labute approximate surface area is 95.9 Å². The minimum Gasteiger partial charge on any atom is -0.294 e. The molecule has 0 N–H and O–H groups in total. The van der Waals surface area contributed by atoms with Crippen molar-refractivity contribution in [1.29, 1.82) is 0 Å².